The summed E-state index contributed by atoms with van der Waals surface area (Å²) >= 11 is 6.09. The Hall–Kier alpha value is -2.37. The lowest BCUT2D eigenvalue weighted by molar-refractivity contribution is -0.117. The van der Waals surface area contributed by atoms with E-state index in [1.807, 2.05) is 43.4 Å². The molecule has 1 heterocycles. The SMILES string of the molecule is CNC(C)N1CC(CC(C)=O)N=C(c2ccc(Cl)cc2)c2cc(OC)ccc21. The van der Waals surface area contributed by atoms with Crippen molar-refractivity contribution in [1.29, 1.82) is 0 Å². The average molecular weight is 400 g/mol. The normalized spacial score (nSPS) is 17.4. The second-order valence-corrected chi connectivity index (χ2v) is 7.48. The zero-order valence-corrected chi connectivity index (χ0v) is 17.5. The van der Waals surface area contributed by atoms with Gasteiger partial charge in [0.25, 0.3) is 0 Å². The summed E-state index contributed by atoms with van der Waals surface area (Å²) in [6, 6.07) is 13.5. The molecule has 1 aliphatic heterocycles. The van der Waals surface area contributed by atoms with Gasteiger partial charge in [0.1, 0.15) is 11.5 Å². The van der Waals surface area contributed by atoms with Gasteiger partial charge in [0.05, 0.1) is 25.0 Å². The molecule has 2 atom stereocenters. The number of rotatable bonds is 6. The molecule has 0 fully saturated rings. The Bertz CT molecular complexity index is 880. The number of carbonyl (C=O) groups is 1. The van der Waals surface area contributed by atoms with Gasteiger partial charge in [-0.05, 0) is 51.2 Å². The van der Waals surface area contributed by atoms with Gasteiger partial charge in [0, 0.05) is 34.8 Å². The van der Waals surface area contributed by atoms with Crippen molar-refractivity contribution in [3.8, 4) is 5.75 Å². The number of methoxy groups -OCH3 is 1. The number of Topliss-reactive ketones (excluding diaryl/α,β-unsaturated/α-hetero) is 1. The van der Waals surface area contributed by atoms with Crippen molar-refractivity contribution in [2.45, 2.75) is 32.5 Å². The first-order valence-corrected chi connectivity index (χ1v) is 9.76. The number of carbonyl (C=O) groups excluding carboxylic acids is 1. The number of ether oxygens (including phenoxy) is 1. The molecular weight excluding hydrogens is 374 g/mol. The number of fused-ring (bicyclic) bond motifs is 1. The van der Waals surface area contributed by atoms with Crippen LogP contribution in [0.4, 0.5) is 5.69 Å². The maximum absolute atomic E-state index is 11.9. The quantitative estimate of drug-likeness (QED) is 0.799. The van der Waals surface area contributed by atoms with E-state index in [0.717, 1.165) is 28.3 Å². The molecule has 0 amide bonds. The Kier molecular flexibility index (Phi) is 6.37. The van der Waals surface area contributed by atoms with E-state index in [4.69, 9.17) is 21.3 Å². The van der Waals surface area contributed by atoms with Crippen molar-refractivity contribution in [3.63, 3.8) is 0 Å². The molecule has 2 aromatic carbocycles. The monoisotopic (exact) mass is 399 g/mol. The van der Waals surface area contributed by atoms with Crippen molar-refractivity contribution in [2.75, 3.05) is 25.6 Å². The van der Waals surface area contributed by atoms with Crippen molar-refractivity contribution in [2.24, 2.45) is 4.99 Å². The first-order chi connectivity index (χ1) is 13.4. The van der Waals surface area contributed by atoms with Crippen LogP contribution in [0, 0.1) is 0 Å². The van der Waals surface area contributed by atoms with Crippen LogP contribution in [0.25, 0.3) is 0 Å². The number of hydrogen-bond donors (Lipinski definition) is 1. The molecule has 5 nitrogen and oxygen atoms in total. The minimum Gasteiger partial charge on any atom is -0.497 e. The van der Waals surface area contributed by atoms with Crippen LogP contribution in [0.1, 0.15) is 31.4 Å². The molecule has 0 saturated heterocycles. The fraction of sp³-hybridized carbons (Fsp3) is 0.364. The summed E-state index contributed by atoms with van der Waals surface area (Å²) < 4.78 is 5.47. The van der Waals surface area contributed by atoms with Crippen LogP contribution in [0.3, 0.4) is 0 Å². The number of benzodiazepines with no additional fused rings is 1. The van der Waals surface area contributed by atoms with E-state index in [1.54, 1.807) is 14.0 Å². The molecule has 28 heavy (non-hydrogen) atoms. The minimum absolute atomic E-state index is 0.0846. The summed E-state index contributed by atoms with van der Waals surface area (Å²) in [6.07, 6.45) is 0.483. The summed E-state index contributed by atoms with van der Waals surface area (Å²) in [5.41, 5.74) is 3.85. The Morgan fingerprint density at radius 1 is 1.32 bits per heavy atom. The molecule has 2 unspecified atom stereocenters. The zero-order valence-electron chi connectivity index (χ0n) is 16.7. The maximum atomic E-state index is 11.9. The Morgan fingerprint density at radius 3 is 2.64 bits per heavy atom. The third-order valence-electron chi connectivity index (χ3n) is 5.01. The molecule has 148 valence electrons. The number of aliphatic imine (C=N–C) groups is 1. The number of nitrogens with zero attached hydrogens (tertiary/aromatic N) is 2. The van der Waals surface area contributed by atoms with Crippen LogP contribution in [0.2, 0.25) is 5.02 Å². The fourth-order valence-electron chi connectivity index (χ4n) is 3.50. The van der Waals surface area contributed by atoms with Gasteiger partial charge in [-0.25, -0.2) is 0 Å². The number of hydrogen-bond acceptors (Lipinski definition) is 5. The Morgan fingerprint density at radius 2 is 2.04 bits per heavy atom. The first kappa shape index (κ1) is 20.4. The topological polar surface area (TPSA) is 53.9 Å². The van der Waals surface area contributed by atoms with Crippen molar-refractivity contribution < 1.29 is 9.53 Å². The van der Waals surface area contributed by atoms with E-state index in [2.05, 4.69) is 23.2 Å². The van der Waals surface area contributed by atoms with Crippen molar-refractivity contribution in [1.82, 2.24) is 5.32 Å². The van der Waals surface area contributed by atoms with E-state index in [9.17, 15) is 4.79 Å². The Labute approximate surface area is 171 Å². The van der Waals surface area contributed by atoms with Crippen LogP contribution < -0.4 is 15.0 Å². The molecule has 6 heteroatoms. The number of anilines is 1. The lowest BCUT2D eigenvalue weighted by Gasteiger charge is -2.32. The average Bonchev–Trinajstić information content (AvgIpc) is 2.84. The summed E-state index contributed by atoms with van der Waals surface area (Å²) in [4.78, 5) is 19.2. The van der Waals surface area contributed by atoms with Gasteiger partial charge < -0.3 is 15.0 Å². The molecule has 0 aliphatic carbocycles. The van der Waals surface area contributed by atoms with Gasteiger partial charge in [-0.3, -0.25) is 9.79 Å². The lowest BCUT2D eigenvalue weighted by Crippen LogP contribution is -2.45. The smallest absolute Gasteiger partial charge is 0.132 e. The van der Waals surface area contributed by atoms with Gasteiger partial charge in [-0.1, -0.05) is 23.7 Å². The molecular formula is C22H26ClN3O2. The Balaban J connectivity index is 2.21. The third kappa shape index (κ3) is 4.37. The number of ketones is 1. The highest BCUT2D eigenvalue weighted by Gasteiger charge is 2.28. The van der Waals surface area contributed by atoms with Crippen LogP contribution in [0.15, 0.2) is 47.5 Å². The second-order valence-electron chi connectivity index (χ2n) is 7.04. The van der Waals surface area contributed by atoms with Crippen LogP contribution in [0.5, 0.6) is 5.75 Å². The molecule has 1 aliphatic rings. The highest BCUT2D eigenvalue weighted by molar-refractivity contribution is 6.30. The second kappa shape index (κ2) is 8.76. The number of nitrogens with one attached hydrogen (secondary N) is 1. The number of benzene rings is 2. The maximum Gasteiger partial charge on any atom is 0.132 e. The van der Waals surface area contributed by atoms with E-state index in [0.29, 0.717) is 18.0 Å². The van der Waals surface area contributed by atoms with E-state index >= 15 is 0 Å². The fourth-order valence-corrected chi connectivity index (χ4v) is 3.63. The van der Waals surface area contributed by atoms with Gasteiger partial charge in [0.15, 0.2) is 0 Å². The predicted molar refractivity (Wildman–Crippen MR) is 115 cm³/mol. The van der Waals surface area contributed by atoms with Crippen LogP contribution >= 0.6 is 11.6 Å². The molecule has 0 aromatic heterocycles. The van der Waals surface area contributed by atoms with E-state index < -0.39 is 0 Å². The summed E-state index contributed by atoms with van der Waals surface area (Å²) in [5, 5.41) is 3.98. The van der Waals surface area contributed by atoms with Gasteiger partial charge in [-0.2, -0.15) is 0 Å². The van der Waals surface area contributed by atoms with Crippen LogP contribution in [-0.4, -0.2) is 44.4 Å². The molecule has 0 radical (unpaired) electrons. The summed E-state index contributed by atoms with van der Waals surface area (Å²) in [6.45, 7) is 4.37. The molecule has 2 aromatic rings. The molecule has 0 spiro atoms. The van der Waals surface area contributed by atoms with E-state index in [1.165, 1.54) is 0 Å². The molecule has 1 N–H and O–H groups in total. The van der Waals surface area contributed by atoms with Gasteiger partial charge in [0.2, 0.25) is 0 Å². The molecule has 0 bridgehead atoms. The summed E-state index contributed by atoms with van der Waals surface area (Å²) in [7, 11) is 3.59. The molecule has 3 rings (SSSR count). The summed E-state index contributed by atoms with van der Waals surface area (Å²) in [5.74, 6) is 0.896. The number of halogens is 1. The highest BCUT2D eigenvalue weighted by Crippen LogP contribution is 2.33. The van der Waals surface area contributed by atoms with Crippen LogP contribution in [-0.2, 0) is 4.79 Å². The highest BCUT2D eigenvalue weighted by atomic mass is 35.5. The largest absolute Gasteiger partial charge is 0.497 e. The third-order valence-corrected chi connectivity index (χ3v) is 5.27. The first-order valence-electron chi connectivity index (χ1n) is 9.38. The predicted octanol–water partition coefficient (Wildman–Crippen LogP) is 3.92. The minimum atomic E-state index is -0.141. The van der Waals surface area contributed by atoms with Gasteiger partial charge >= 0.3 is 0 Å². The van der Waals surface area contributed by atoms with E-state index in [-0.39, 0.29) is 18.0 Å². The standard InChI is InChI=1S/C22H26ClN3O2/c1-14(27)11-18-13-26(15(2)24-3)21-10-9-19(28-4)12-20(21)22(25-18)16-5-7-17(23)8-6-16/h5-10,12,15,18,24H,11,13H2,1-4H3. The zero-order chi connectivity index (χ0) is 20.3. The lowest BCUT2D eigenvalue weighted by atomic mass is 9.99. The molecule has 0 saturated carbocycles. The van der Waals surface area contributed by atoms with Crippen molar-refractivity contribution in [3.05, 3.63) is 58.6 Å². The van der Waals surface area contributed by atoms with Gasteiger partial charge in [-0.15, -0.1) is 0 Å². The van der Waals surface area contributed by atoms with Crippen molar-refractivity contribution >= 4 is 28.8 Å².